The fraction of sp³-hybridized carbons (Fsp3) is 0.250. The Labute approximate surface area is 155 Å². The molecule has 0 aliphatic heterocycles. The van der Waals surface area contributed by atoms with Crippen LogP contribution in [-0.4, -0.2) is 16.8 Å². The number of hydrogen-bond donors (Lipinski definition) is 1. The second-order valence-corrected chi connectivity index (χ2v) is 7.56. The molecule has 132 valence electrons. The van der Waals surface area contributed by atoms with Crippen LogP contribution in [0.3, 0.4) is 0 Å². The number of benzene rings is 1. The molecule has 2 heterocycles. The first-order valence-electron chi connectivity index (χ1n) is 8.55. The van der Waals surface area contributed by atoms with Gasteiger partial charge < -0.3 is 9.84 Å². The van der Waals surface area contributed by atoms with E-state index in [4.69, 9.17) is 4.52 Å². The molecule has 3 aromatic rings. The minimum Gasteiger partial charge on any atom is -0.361 e. The topological polar surface area (TPSA) is 72.2 Å². The maximum atomic E-state index is 12.4. The number of thiophene rings is 1. The standard InChI is InChI=1S/C20H18N2O3S/c1-12(23)18-7-8-19(26-18)14-3-2-4-15(9-14)20(24)21-11-16-10-17(25-22-16)13-5-6-13/h2-4,7-10,13H,5-6,11H2,1H3,(H,21,24). The predicted molar refractivity (Wildman–Crippen MR) is 99.4 cm³/mol. The van der Waals surface area contributed by atoms with Crippen LogP contribution in [0.1, 0.15) is 57.2 Å². The number of carbonyl (C=O) groups is 2. The van der Waals surface area contributed by atoms with Crippen molar-refractivity contribution in [2.24, 2.45) is 0 Å². The van der Waals surface area contributed by atoms with Crippen LogP contribution >= 0.6 is 11.3 Å². The Balaban J connectivity index is 1.44. The lowest BCUT2D eigenvalue weighted by Gasteiger charge is -2.05. The van der Waals surface area contributed by atoms with Gasteiger partial charge in [-0.1, -0.05) is 17.3 Å². The highest BCUT2D eigenvalue weighted by Gasteiger charge is 2.27. The van der Waals surface area contributed by atoms with Gasteiger partial charge in [0, 0.05) is 22.4 Å². The summed E-state index contributed by atoms with van der Waals surface area (Å²) in [6.07, 6.45) is 2.31. The molecule has 1 aliphatic rings. The van der Waals surface area contributed by atoms with Crippen molar-refractivity contribution in [3.05, 3.63) is 64.4 Å². The maximum absolute atomic E-state index is 12.4. The van der Waals surface area contributed by atoms with Crippen molar-refractivity contribution in [1.82, 2.24) is 10.5 Å². The van der Waals surface area contributed by atoms with Gasteiger partial charge in [-0.25, -0.2) is 0 Å². The van der Waals surface area contributed by atoms with Gasteiger partial charge in [-0.3, -0.25) is 9.59 Å². The summed E-state index contributed by atoms with van der Waals surface area (Å²) in [5, 5.41) is 6.89. The van der Waals surface area contributed by atoms with Gasteiger partial charge in [0.05, 0.1) is 11.4 Å². The van der Waals surface area contributed by atoms with Crippen molar-refractivity contribution in [3.63, 3.8) is 0 Å². The van der Waals surface area contributed by atoms with Crippen LogP contribution in [0.4, 0.5) is 0 Å². The molecule has 0 atom stereocenters. The van der Waals surface area contributed by atoms with Crippen LogP contribution in [0, 0.1) is 0 Å². The summed E-state index contributed by atoms with van der Waals surface area (Å²) < 4.78 is 5.30. The second kappa shape index (κ2) is 6.88. The molecule has 2 aromatic heterocycles. The third-order valence-electron chi connectivity index (χ3n) is 4.35. The minimum atomic E-state index is -0.161. The maximum Gasteiger partial charge on any atom is 0.251 e. The average molecular weight is 366 g/mol. The molecule has 0 unspecified atom stereocenters. The molecular formula is C20H18N2O3S. The van der Waals surface area contributed by atoms with Gasteiger partial charge in [0.1, 0.15) is 11.5 Å². The molecule has 0 bridgehead atoms. The Morgan fingerprint density at radius 3 is 2.81 bits per heavy atom. The van der Waals surface area contributed by atoms with E-state index in [0.29, 0.717) is 22.9 Å². The van der Waals surface area contributed by atoms with E-state index >= 15 is 0 Å². The SMILES string of the molecule is CC(=O)c1ccc(-c2cccc(C(=O)NCc3cc(C4CC4)on3)c2)s1. The zero-order valence-corrected chi connectivity index (χ0v) is 15.1. The highest BCUT2D eigenvalue weighted by atomic mass is 32.1. The number of rotatable bonds is 6. The zero-order valence-electron chi connectivity index (χ0n) is 14.3. The van der Waals surface area contributed by atoms with Crippen molar-refractivity contribution in [1.29, 1.82) is 0 Å². The van der Waals surface area contributed by atoms with Crippen LogP contribution in [0.15, 0.2) is 47.0 Å². The molecule has 1 fully saturated rings. The van der Waals surface area contributed by atoms with E-state index in [2.05, 4.69) is 10.5 Å². The Kier molecular flexibility index (Phi) is 4.42. The molecule has 0 spiro atoms. The first kappa shape index (κ1) is 16.7. The quantitative estimate of drug-likeness (QED) is 0.656. The molecule has 5 nitrogen and oxygen atoms in total. The third kappa shape index (κ3) is 3.60. The molecule has 1 N–H and O–H groups in total. The molecule has 0 radical (unpaired) electrons. The van der Waals surface area contributed by atoms with E-state index < -0.39 is 0 Å². The summed E-state index contributed by atoms with van der Waals surface area (Å²) >= 11 is 1.43. The monoisotopic (exact) mass is 366 g/mol. The normalized spacial score (nSPS) is 13.6. The minimum absolute atomic E-state index is 0.0494. The number of nitrogens with zero attached hydrogens (tertiary/aromatic N) is 1. The van der Waals surface area contributed by atoms with E-state index in [0.717, 1.165) is 34.7 Å². The molecular weight excluding hydrogens is 348 g/mol. The van der Waals surface area contributed by atoms with Crippen molar-refractivity contribution in [3.8, 4) is 10.4 Å². The van der Waals surface area contributed by atoms with E-state index in [1.54, 1.807) is 13.0 Å². The Hall–Kier alpha value is -2.73. The number of aromatic nitrogens is 1. The molecule has 4 rings (SSSR count). The van der Waals surface area contributed by atoms with Crippen molar-refractivity contribution in [2.75, 3.05) is 0 Å². The Morgan fingerprint density at radius 2 is 2.08 bits per heavy atom. The summed E-state index contributed by atoms with van der Waals surface area (Å²) in [6.45, 7) is 1.89. The number of carbonyl (C=O) groups excluding carboxylic acids is 2. The Bertz CT molecular complexity index is 969. The third-order valence-corrected chi connectivity index (χ3v) is 5.58. The molecule has 1 aromatic carbocycles. The molecule has 6 heteroatoms. The van der Waals surface area contributed by atoms with Crippen LogP contribution in [-0.2, 0) is 6.54 Å². The number of ketones is 1. The van der Waals surface area contributed by atoms with Gasteiger partial charge >= 0.3 is 0 Å². The summed E-state index contributed by atoms with van der Waals surface area (Å²) in [7, 11) is 0. The number of Topliss-reactive ketones (excluding diaryl/α,β-unsaturated/α-hetero) is 1. The zero-order chi connectivity index (χ0) is 18.1. The summed E-state index contributed by atoms with van der Waals surface area (Å²) in [5.41, 5.74) is 2.24. The van der Waals surface area contributed by atoms with Crippen molar-refractivity contribution < 1.29 is 14.1 Å². The lowest BCUT2D eigenvalue weighted by Crippen LogP contribution is -2.22. The van der Waals surface area contributed by atoms with Crippen LogP contribution in [0.5, 0.6) is 0 Å². The fourth-order valence-electron chi connectivity index (χ4n) is 2.74. The van der Waals surface area contributed by atoms with E-state index in [1.165, 1.54) is 11.3 Å². The van der Waals surface area contributed by atoms with Crippen LogP contribution < -0.4 is 5.32 Å². The average Bonchev–Trinajstić information content (AvgIpc) is 3.19. The largest absolute Gasteiger partial charge is 0.361 e. The molecule has 26 heavy (non-hydrogen) atoms. The predicted octanol–water partition coefficient (Wildman–Crippen LogP) is 4.41. The first-order valence-corrected chi connectivity index (χ1v) is 9.36. The van der Waals surface area contributed by atoms with Gasteiger partial charge in [-0.2, -0.15) is 0 Å². The van der Waals surface area contributed by atoms with E-state index in [-0.39, 0.29) is 11.7 Å². The van der Waals surface area contributed by atoms with Crippen molar-refractivity contribution >= 4 is 23.0 Å². The highest BCUT2D eigenvalue weighted by Crippen LogP contribution is 2.40. The number of hydrogen-bond acceptors (Lipinski definition) is 5. The molecule has 0 saturated heterocycles. The van der Waals surface area contributed by atoms with Crippen LogP contribution in [0.2, 0.25) is 0 Å². The molecule has 1 saturated carbocycles. The summed E-state index contributed by atoms with van der Waals surface area (Å²) in [5.74, 6) is 1.31. The van der Waals surface area contributed by atoms with Crippen molar-refractivity contribution in [2.45, 2.75) is 32.2 Å². The van der Waals surface area contributed by atoms with Gasteiger partial charge in [-0.15, -0.1) is 11.3 Å². The highest BCUT2D eigenvalue weighted by molar-refractivity contribution is 7.17. The summed E-state index contributed by atoms with van der Waals surface area (Å²) in [6, 6.07) is 13.0. The first-order chi connectivity index (χ1) is 12.6. The van der Waals surface area contributed by atoms with Gasteiger partial charge in [0.15, 0.2) is 5.78 Å². The number of amides is 1. The molecule has 1 amide bonds. The number of nitrogens with one attached hydrogen (secondary N) is 1. The lowest BCUT2D eigenvalue weighted by molar-refractivity contribution is 0.0949. The summed E-state index contributed by atoms with van der Waals surface area (Å²) in [4.78, 5) is 25.6. The lowest BCUT2D eigenvalue weighted by atomic mass is 10.1. The smallest absolute Gasteiger partial charge is 0.251 e. The molecule has 1 aliphatic carbocycles. The van der Waals surface area contributed by atoms with Gasteiger partial charge in [0.2, 0.25) is 0 Å². The van der Waals surface area contributed by atoms with Gasteiger partial charge in [0.25, 0.3) is 5.91 Å². The van der Waals surface area contributed by atoms with E-state index in [1.807, 2.05) is 36.4 Å². The second-order valence-electron chi connectivity index (χ2n) is 6.48. The van der Waals surface area contributed by atoms with Crippen LogP contribution in [0.25, 0.3) is 10.4 Å². The van der Waals surface area contributed by atoms with Gasteiger partial charge in [-0.05, 0) is 49.6 Å². The fourth-order valence-corrected chi connectivity index (χ4v) is 3.64. The Morgan fingerprint density at radius 1 is 1.23 bits per heavy atom. The van der Waals surface area contributed by atoms with E-state index in [9.17, 15) is 9.59 Å².